The van der Waals surface area contributed by atoms with Crippen molar-refractivity contribution in [2.24, 2.45) is 0 Å². The molecule has 174 valence electrons. The molecular weight excluding hydrogens is 426 g/mol. The molecule has 0 bridgehead atoms. The fourth-order valence-corrected chi connectivity index (χ4v) is 4.86. The monoisotopic (exact) mass is 455 g/mol. The predicted molar refractivity (Wildman–Crippen MR) is 132 cm³/mol. The van der Waals surface area contributed by atoms with Crippen LogP contribution in [-0.4, -0.2) is 34.6 Å². The van der Waals surface area contributed by atoms with Crippen LogP contribution in [0, 0.1) is 6.92 Å². The standard InChI is InChI=1S/C28H29N3O3/c1-16(2)18-6-8-19(9-7-18)21-12-23-22(24(32)13-21)15-31-28(29-23)27(17(3)30-31)20-10-11-25(33-4)26(14-20)34-5/h6-11,14-16,21H,12-13H2,1-5H3. The summed E-state index contributed by atoms with van der Waals surface area (Å²) in [5.41, 5.74) is 7.46. The summed E-state index contributed by atoms with van der Waals surface area (Å²) in [4.78, 5) is 18.1. The summed E-state index contributed by atoms with van der Waals surface area (Å²) >= 11 is 0. The number of aryl methyl sites for hydroxylation is 1. The van der Waals surface area contributed by atoms with E-state index in [1.807, 2.05) is 31.3 Å². The summed E-state index contributed by atoms with van der Waals surface area (Å²) in [7, 11) is 3.24. The van der Waals surface area contributed by atoms with Gasteiger partial charge in [0, 0.05) is 18.2 Å². The van der Waals surface area contributed by atoms with Crippen LogP contribution in [-0.2, 0) is 6.42 Å². The summed E-state index contributed by atoms with van der Waals surface area (Å²) in [6.45, 7) is 6.34. The molecule has 0 aliphatic heterocycles. The first-order valence-electron chi connectivity index (χ1n) is 11.6. The van der Waals surface area contributed by atoms with Crippen LogP contribution < -0.4 is 9.47 Å². The number of fused-ring (bicyclic) bond motifs is 2. The van der Waals surface area contributed by atoms with Gasteiger partial charge in [-0.15, -0.1) is 0 Å². The Labute approximate surface area is 199 Å². The molecule has 2 heterocycles. The van der Waals surface area contributed by atoms with Crippen LogP contribution in [0.4, 0.5) is 0 Å². The molecule has 5 rings (SSSR count). The average molecular weight is 456 g/mol. The maximum atomic E-state index is 13.1. The van der Waals surface area contributed by atoms with Crippen molar-refractivity contribution >= 4 is 11.4 Å². The minimum atomic E-state index is 0.120. The van der Waals surface area contributed by atoms with Gasteiger partial charge in [-0.05, 0) is 54.0 Å². The maximum absolute atomic E-state index is 13.1. The third-order valence-corrected chi connectivity index (χ3v) is 6.78. The van der Waals surface area contributed by atoms with Crippen molar-refractivity contribution in [2.75, 3.05) is 14.2 Å². The highest BCUT2D eigenvalue weighted by Crippen LogP contribution is 2.37. The Balaban J connectivity index is 1.57. The SMILES string of the molecule is COc1ccc(-c2c(C)nn3cc4c(nc23)CC(c2ccc(C(C)C)cc2)CC4=O)cc1OC. The van der Waals surface area contributed by atoms with E-state index in [0.717, 1.165) is 34.6 Å². The third-order valence-electron chi connectivity index (χ3n) is 6.78. The summed E-state index contributed by atoms with van der Waals surface area (Å²) in [6.07, 6.45) is 3.06. The van der Waals surface area contributed by atoms with Gasteiger partial charge in [0.1, 0.15) is 0 Å². The molecule has 0 spiro atoms. The van der Waals surface area contributed by atoms with E-state index in [9.17, 15) is 4.79 Å². The first-order valence-corrected chi connectivity index (χ1v) is 11.6. The molecule has 0 radical (unpaired) electrons. The van der Waals surface area contributed by atoms with Gasteiger partial charge < -0.3 is 9.47 Å². The number of hydrogen-bond acceptors (Lipinski definition) is 5. The second-order valence-corrected chi connectivity index (χ2v) is 9.25. The topological polar surface area (TPSA) is 65.7 Å². The largest absolute Gasteiger partial charge is 0.493 e. The average Bonchev–Trinajstić information content (AvgIpc) is 3.17. The number of nitrogens with zero attached hydrogens (tertiary/aromatic N) is 3. The molecular formula is C28H29N3O3. The number of hydrogen-bond donors (Lipinski definition) is 0. The van der Waals surface area contributed by atoms with Gasteiger partial charge in [0.25, 0.3) is 0 Å². The van der Waals surface area contributed by atoms with Gasteiger partial charge in [-0.1, -0.05) is 44.2 Å². The molecule has 34 heavy (non-hydrogen) atoms. The zero-order valence-electron chi connectivity index (χ0n) is 20.3. The number of ketones is 1. The van der Waals surface area contributed by atoms with E-state index < -0.39 is 0 Å². The zero-order valence-corrected chi connectivity index (χ0v) is 20.3. The van der Waals surface area contributed by atoms with Crippen molar-refractivity contribution in [3.63, 3.8) is 0 Å². The van der Waals surface area contributed by atoms with E-state index in [-0.39, 0.29) is 11.7 Å². The summed E-state index contributed by atoms with van der Waals surface area (Å²) < 4.78 is 12.6. The number of benzene rings is 2. The lowest BCUT2D eigenvalue weighted by molar-refractivity contribution is 0.0962. The Morgan fingerprint density at radius 2 is 1.74 bits per heavy atom. The molecule has 0 saturated heterocycles. The molecule has 0 fully saturated rings. The van der Waals surface area contributed by atoms with Crippen molar-refractivity contribution in [1.29, 1.82) is 0 Å². The molecule has 1 aliphatic carbocycles. The Hall–Kier alpha value is -3.67. The normalized spacial score (nSPS) is 15.6. The number of carbonyl (C=O) groups is 1. The third kappa shape index (κ3) is 3.73. The number of carbonyl (C=O) groups excluding carboxylic acids is 1. The first kappa shape index (κ1) is 22.1. The van der Waals surface area contributed by atoms with E-state index in [4.69, 9.17) is 14.5 Å². The zero-order chi connectivity index (χ0) is 24.0. The van der Waals surface area contributed by atoms with Crippen LogP contribution in [0.1, 0.15) is 65.0 Å². The minimum Gasteiger partial charge on any atom is -0.493 e. The second-order valence-electron chi connectivity index (χ2n) is 9.25. The lowest BCUT2D eigenvalue weighted by atomic mass is 9.81. The van der Waals surface area contributed by atoms with Crippen molar-refractivity contribution < 1.29 is 14.3 Å². The second kappa shape index (κ2) is 8.60. The highest BCUT2D eigenvalue weighted by molar-refractivity contribution is 5.99. The van der Waals surface area contributed by atoms with Crippen LogP contribution in [0.2, 0.25) is 0 Å². The van der Waals surface area contributed by atoms with E-state index in [0.29, 0.717) is 29.4 Å². The summed E-state index contributed by atoms with van der Waals surface area (Å²) in [5, 5.41) is 4.66. The van der Waals surface area contributed by atoms with Gasteiger partial charge in [-0.25, -0.2) is 9.50 Å². The van der Waals surface area contributed by atoms with Gasteiger partial charge in [-0.3, -0.25) is 4.79 Å². The van der Waals surface area contributed by atoms with E-state index in [2.05, 4.69) is 43.2 Å². The van der Waals surface area contributed by atoms with Crippen LogP contribution in [0.15, 0.2) is 48.7 Å². The fourth-order valence-electron chi connectivity index (χ4n) is 4.86. The van der Waals surface area contributed by atoms with Gasteiger partial charge in [0.05, 0.1) is 31.2 Å². The molecule has 1 atom stereocenters. The van der Waals surface area contributed by atoms with E-state index >= 15 is 0 Å². The Bertz CT molecular complexity index is 1390. The van der Waals surface area contributed by atoms with Crippen molar-refractivity contribution in [2.45, 2.75) is 45.4 Å². The fraction of sp³-hybridized carbons (Fsp3) is 0.321. The number of methoxy groups -OCH3 is 2. The number of Topliss-reactive ketones (excluding diaryl/α,β-unsaturated/α-hetero) is 1. The molecule has 6 heteroatoms. The van der Waals surface area contributed by atoms with Gasteiger partial charge >= 0.3 is 0 Å². The van der Waals surface area contributed by atoms with Crippen LogP contribution in [0.25, 0.3) is 16.8 Å². The predicted octanol–water partition coefficient (Wildman–Crippen LogP) is 5.76. The van der Waals surface area contributed by atoms with E-state index in [1.165, 1.54) is 11.1 Å². The Kier molecular flexibility index (Phi) is 5.60. The molecule has 0 amide bonds. The van der Waals surface area contributed by atoms with Gasteiger partial charge in [0.15, 0.2) is 22.9 Å². The van der Waals surface area contributed by atoms with Crippen molar-refractivity contribution in [3.05, 3.63) is 76.7 Å². The quantitative estimate of drug-likeness (QED) is 0.383. The van der Waals surface area contributed by atoms with Crippen molar-refractivity contribution in [3.8, 4) is 22.6 Å². The first-order chi connectivity index (χ1) is 16.4. The smallest absolute Gasteiger partial charge is 0.166 e. The molecule has 1 unspecified atom stereocenters. The highest BCUT2D eigenvalue weighted by atomic mass is 16.5. The molecule has 2 aromatic carbocycles. The summed E-state index contributed by atoms with van der Waals surface area (Å²) in [5.74, 6) is 2.05. The molecule has 2 aromatic heterocycles. The van der Waals surface area contributed by atoms with Crippen LogP contribution in [0.3, 0.4) is 0 Å². The lowest BCUT2D eigenvalue weighted by Gasteiger charge is -2.23. The van der Waals surface area contributed by atoms with Gasteiger partial charge in [0.2, 0.25) is 0 Å². The van der Waals surface area contributed by atoms with Crippen molar-refractivity contribution in [1.82, 2.24) is 14.6 Å². The highest BCUT2D eigenvalue weighted by Gasteiger charge is 2.29. The van der Waals surface area contributed by atoms with Crippen LogP contribution >= 0.6 is 0 Å². The summed E-state index contributed by atoms with van der Waals surface area (Å²) in [6, 6.07) is 14.5. The number of aromatic nitrogens is 3. The molecule has 0 N–H and O–H groups in total. The minimum absolute atomic E-state index is 0.120. The Morgan fingerprint density at radius 3 is 2.41 bits per heavy atom. The van der Waals surface area contributed by atoms with E-state index in [1.54, 1.807) is 18.7 Å². The molecule has 6 nitrogen and oxygen atoms in total. The lowest BCUT2D eigenvalue weighted by Crippen LogP contribution is -2.21. The molecule has 1 aliphatic rings. The van der Waals surface area contributed by atoms with Gasteiger partial charge in [-0.2, -0.15) is 5.10 Å². The van der Waals surface area contributed by atoms with Crippen LogP contribution in [0.5, 0.6) is 11.5 Å². The Morgan fingerprint density at radius 1 is 1.00 bits per heavy atom. The maximum Gasteiger partial charge on any atom is 0.166 e. The number of ether oxygens (including phenoxy) is 2. The molecule has 0 saturated carbocycles. The molecule has 4 aromatic rings. The number of rotatable bonds is 5.